The predicted octanol–water partition coefficient (Wildman–Crippen LogP) is 3.10. The summed E-state index contributed by atoms with van der Waals surface area (Å²) in [6.07, 6.45) is 0.194. The molecule has 1 fully saturated rings. The molecule has 1 aliphatic rings. The lowest BCUT2D eigenvalue weighted by Gasteiger charge is -2.20. The fourth-order valence-corrected chi connectivity index (χ4v) is 3.40. The van der Waals surface area contributed by atoms with E-state index in [1.54, 1.807) is 12.0 Å². The Morgan fingerprint density at radius 3 is 2.82 bits per heavy atom. The Bertz CT molecular complexity index is 866. The van der Waals surface area contributed by atoms with Crippen LogP contribution in [-0.2, 0) is 16.1 Å². The van der Waals surface area contributed by atoms with Gasteiger partial charge in [-0.3, -0.25) is 9.59 Å². The molecule has 0 saturated carbocycles. The van der Waals surface area contributed by atoms with Gasteiger partial charge in [-0.1, -0.05) is 25.1 Å². The standard InChI is InChI=1S/C22H27N3O3/c1-4-23-13-16-6-5-7-18(11-16)24-22(27)17-12-21(26)25(14-17)19-10-15(2)8-9-20(19)28-3/h5-11,17,23H,4,12-14H2,1-3H3,(H,24,27). The number of anilines is 2. The van der Waals surface area contributed by atoms with Crippen LogP contribution in [0, 0.1) is 12.8 Å². The molecule has 0 aliphatic carbocycles. The zero-order chi connectivity index (χ0) is 20.1. The van der Waals surface area contributed by atoms with E-state index < -0.39 is 5.92 Å². The summed E-state index contributed by atoms with van der Waals surface area (Å²) in [6.45, 7) is 6.01. The van der Waals surface area contributed by atoms with Crippen LogP contribution in [0.25, 0.3) is 0 Å². The molecule has 1 heterocycles. The number of nitrogens with zero attached hydrogens (tertiary/aromatic N) is 1. The Hall–Kier alpha value is -2.86. The van der Waals surface area contributed by atoms with Crippen LogP contribution < -0.4 is 20.3 Å². The molecule has 0 spiro atoms. The summed E-state index contributed by atoms with van der Waals surface area (Å²) in [5.74, 6) is 0.0410. The minimum atomic E-state index is -0.393. The summed E-state index contributed by atoms with van der Waals surface area (Å²) >= 11 is 0. The molecular weight excluding hydrogens is 354 g/mol. The Morgan fingerprint density at radius 2 is 2.07 bits per heavy atom. The average Bonchev–Trinajstić information content (AvgIpc) is 3.08. The van der Waals surface area contributed by atoms with E-state index in [2.05, 4.69) is 17.6 Å². The molecule has 28 heavy (non-hydrogen) atoms. The molecule has 1 atom stereocenters. The number of hydrogen-bond acceptors (Lipinski definition) is 4. The summed E-state index contributed by atoms with van der Waals surface area (Å²) in [4.78, 5) is 27.0. The molecule has 2 aromatic rings. The Morgan fingerprint density at radius 1 is 1.25 bits per heavy atom. The fraction of sp³-hybridized carbons (Fsp3) is 0.364. The first kappa shape index (κ1) is 19.9. The Balaban J connectivity index is 1.70. The van der Waals surface area contributed by atoms with E-state index in [0.717, 1.165) is 35.6 Å². The van der Waals surface area contributed by atoms with Crippen molar-refractivity contribution in [3.63, 3.8) is 0 Å². The monoisotopic (exact) mass is 381 g/mol. The lowest BCUT2D eigenvalue weighted by molar-refractivity contribution is -0.122. The van der Waals surface area contributed by atoms with Gasteiger partial charge in [0.25, 0.3) is 0 Å². The summed E-state index contributed by atoms with van der Waals surface area (Å²) in [5, 5.41) is 6.23. The maximum Gasteiger partial charge on any atom is 0.229 e. The SMILES string of the molecule is CCNCc1cccc(NC(=O)C2CC(=O)N(c3cc(C)ccc3OC)C2)c1. The largest absolute Gasteiger partial charge is 0.495 e. The normalized spacial score (nSPS) is 16.3. The van der Waals surface area contributed by atoms with Crippen LogP contribution >= 0.6 is 0 Å². The van der Waals surface area contributed by atoms with Gasteiger partial charge in [0.15, 0.2) is 0 Å². The quantitative estimate of drug-likeness (QED) is 0.773. The molecule has 148 valence electrons. The van der Waals surface area contributed by atoms with E-state index in [-0.39, 0.29) is 18.2 Å². The predicted molar refractivity (Wildman–Crippen MR) is 111 cm³/mol. The first-order valence-corrected chi connectivity index (χ1v) is 9.57. The van der Waals surface area contributed by atoms with Crippen molar-refractivity contribution in [1.29, 1.82) is 0 Å². The highest BCUT2D eigenvalue weighted by Crippen LogP contribution is 2.34. The van der Waals surface area contributed by atoms with Gasteiger partial charge in [-0.05, 0) is 48.9 Å². The van der Waals surface area contributed by atoms with Crippen molar-refractivity contribution in [3.8, 4) is 5.75 Å². The highest BCUT2D eigenvalue weighted by atomic mass is 16.5. The van der Waals surface area contributed by atoms with Crippen LogP contribution in [0.5, 0.6) is 5.75 Å². The number of ether oxygens (including phenoxy) is 1. The molecule has 2 aromatic carbocycles. The number of nitrogens with one attached hydrogen (secondary N) is 2. The van der Waals surface area contributed by atoms with Crippen LogP contribution in [0.3, 0.4) is 0 Å². The summed E-state index contributed by atoms with van der Waals surface area (Å²) < 4.78 is 5.40. The van der Waals surface area contributed by atoms with Crippen molar-refractivity contribution in [2.75, 3.05) is 30.4 Å². The second-order valence-electron chi connectivity index (χ2n) is 7.05. The highest BCUT2D eigenvalue weighted by molar-refractivity contribution is 6.04. The van der Waals surface area contributed by atoms with Crippen molar-refractivity contribution >= 4 is 23.2 Å². The Labute approximate surface area is 165 Å². The van der Waals surface area contributed by atoms with Crippen molar-refractivity contribution in [2.45, 2.75) is 26.8 Å². The van der Waals surface area contributed by atoms with Crippen molar-refractivity contribution in [2.24, 2.45) is 5.92 Å². The molecule has 0 radical (unpaired) electrons. The van der Waals surface area contributed by atoms with Gasteiger partial charge >= 0.3 is 0 Å². The summed E-state index contributed by atoms with van der Waals surface area (Å²) in [6, 6.07) is 13.5. The van der Waals surface area contributed by atoms with Crippen LogP contribution in [-0.4, -0.2) is 32.0 Å². The van der Waals surface area contributed by atoms with E-state index in [0.29, 0.717) is 12.3 Å². The van der Waals surface area contributed by atoms with Gasteiger partial charge in [0, 0.05) is 25.2 Å². The number of hydrogen-bond donors (Lipinski definition) is 2. The Kier molecular flexibility index (Phi) is 6.31. The number of aryl methyl sites for hydroxylation is 1. The van der Waals surface area contributed by atoms with E-state index in [1.165, 1.54) is 0 Å². The molecule has 2 N–H and O–H groups in total. The second-order valence-corrected chi connectivity index (χ2v) is 7.05. The van der Waals surface area contributed by atoms with Crippen molar-refractivity contribution < 1.29 is 14.3 Å². The molecule has 6 heteroatoms. The average molecular weight is 381 g/mol. The molecule has 1 unspecified atom stereocenters. The van der Waals surface area contributed by atoms with Gasteiger partial charge in [-0.2, -0.15) is 0 Å². The lowest BCUT2D eigenvalue weighted by atomic mass is 10.1. The van der Waals surface area contributed by atoms with E-state index in [1.807, 2.05) is 49.4 Å². The van der Waals surface area contributed by atoms with Crippen LogP contribution in [0.2, 0.25) is 0 Å². The number of carbonyl (C=O) groups excluding carboxylic acids is 2. The maximum absolute atomic E-state index is 12.7. The van der Waals surface area contributed by atoms with Crippen molar-refractivity contribution in [3.05, 3.63) is 53.6 Å². The van der Waals surface area contributed by atoms with Gasteiger partial charge in [0.1, 0.15) is 5.75 Å². The maximum atomic E-state index is 12.7. The molecule has 3 rings (SSSR count). The number of carbonyl (C=O) groups is 2. The summed E-state index contributed by atoms with van der Waals surface area (Å²) in [7, 11) is 1.58. The molecule has 6 nitrogen and oxygen atoms in total. The number of rotatable bonds is 7. The first-order valence-electron chi connectivity index (χ1n) is 9.57. The zero-order valence-electron chi connectivity index (χ0n) is 16.6. The molecule has 1 aliphatic heterocycles. The van der Waals surface area contributed by atoms with Crippen LogP contribution in [0.15, 0.2) is 42.5 Å². The van der Waals surface area contributed by atoms with Gasteiger partial charge in [-0.15, -0.1) is 0 Å². The van der Waals surface area contributed by atoms with Crippen molar-refractivity contribution in [1.82, 2.24) is 5.32 Å². The molecule has 0 bridgehead atoms. The third-order valence-electron chi connectivity index (χ3n) is 4.89. The topological polar surface area (TPSA) is 70.7 Å². The zero-order valence-corrected chi connectivity index (χ0v) is 16.6. The third-order valence-corrected chi connectivity index (χ3v) is 4.89. The molecule has 1 saturated heterocycles. The smallest absolute Gasteiger partial charge is 0.229 e. The molecule has 0 aromatic heterocycles. The minimum absolute atomic E-state index is 0.0649. The first-order chi connectivity index (χ1) is 13.5. The fourth-order valence-electron chi connectivity index (χ4n) is 3.40. The van der Waals surface area contributed by atoms with E-state index in [9.17, 15) is 9.59 Å². The van der Waals surface area contributed by atoms with Crippen LogP contribution in [0.1, 0.15) is 24.5 Å². The minimum Gasteiger partial charge on any atom is -0.495 e. The number of amides is 2. The lowest BCUT2D eigenvalue weighted by Crippen LogP contribution is -2.28. The molecular formula is C22H27N3O3. The van der Waals surface area contributed by atoms with Gasteiger partial charge in [0.2, 0.25) is 11.8 Å². The van der Waals surface area contributed by atoms with Gasteiger partial charge < -0.3 is 20.3 Å². The molecule has 2 amide bonds. The second kappa shape index (κ2) is 8.89. The summed E-state index contributed by atoms with van der Waals surface area (Å²) in [5.41, 5.74) is 3.61. The number of benzene rings is 2. The van der Waals surface area contributed by atoms with E-state index >= 15 is 0 Å². The number of methoxy groups -OCH3 is 1. The van der Waals surface area contributed by atoms with Gasteiger partial charge in [0.05, 0.1) is 18.7 Å². The van der Waals surface area contributed by atoms with E-state index in [4.69, 9.17) is 4.74 Å². The highest BCUT2D eigenvalue weighted by Gasteiger charge is 2.36. The van der Waals surface area contributed by atoms with Gasteiger partial charge in [-0.25, -0.2) is 0 Å². The third kappa shape index (κ3) is 4.51. The van der Waals surface area contributed by atoms with Crippen LogP contribution in [0.4, 0.5) is 11.4 Å².